The highest BCUT2D eigenvalue weighted by molar-refractivity contribution is 8.00. The van der Waals surface area contributed by atoms with Crippen LogP contribution in [0.2, 0.25) is 0 Å². The van der Waals surface area contributed by atoms with Crippen LogP contribution in [0.15, 0.2) is 53.4 Å². The molecule has 1 aliphatic heterocycles. The summed E-state index contributed by atoms with van der Waals surface area (Å²) in [6, 6.07) is 15.3. The molecule has 0 unspecified atom stereocenters. The predicted octanol–water partition coefficient (Wildman–Crippen LogP) is 3.00. The van der Waals surface area contributed by atoms with E-state index in [2.05, 4.69) is 6.07 Å². The first kappa shape index (κ1) is 17.5. The van der Waals surface area contributed by atoms with Crippen molar-refractivity contribution in [2.45, 2.75) is 11.3 Å². The normalized spacial score (nSPS) is 12.8. The summed E-state index contributed by atoms with van der Waals surface area (Å²) in [5.74, 6) is 0.108. The van der Waals surface area contributed by atoms with E-state index in [4.69, 9.17) is 4.84 Å². The van der Waals surface area contributed by atoms with Gasteiger partial charge in [-0.1, -0.05) is 30.3 Å². The van der Waals surface area contributed by atoms with Gasteiger partial charge in [-0.05, 0) is 30.2 Å². The molecule has 3 rings (SSSR count). The number of amides is 2. The maximum absolute atomic E-state index is 12.6. The summed E-state index contributed by atoms with van der Waals surface area (Å²) >= 11 is 1.38. The minimum absolute atomic E-state index is 0.0531. The quantitative estimate of drug-likeness (QED) is 0.610. The maximum atomic E-state index is 12.6. The van der Waals surface area contributed by atoms with Gasteiger partial charge < -0.3 is 4.90 Å². The van der Waals surface area contributed by atoms with Gasteiger partial charge in [-0.2, -0.15) is 0 Å². The number of rotatable bonds is 5. The number of anilines is 1. The summed E-state index contributed by atoms with van der Waals surface area (Å²) in [7, 11) is 3.01. The predicted molar refractivity (Wildman–Crippen MR) is 98.8 cm³/mol. The first-order valence-electron chi connectivity index (χ1n) is 8.04. The molecule has 0 aliphatic carbocycles. The number of hydrogen-bond donors (Lipinski definition) is 0. The highest BCUT2D eigenvalue weighted by Gasteiger charge is 2.24. The van der Waals surface area contributed by atoms with Gasteiger partial charge in [-0.25, -0.2) is 5.06 Å². The molecule has 6 heteroatoms. The van der Waals surface area contributed by atoms with Crippen molar-refractivity contribution in [2.75, 3.05) is 31.4 Å². The fourth-order valence-electron chi connectivity index (χ4n) is 2.84. The second kappa shape index (κ2) is 7.72. The Morgan fingerprint density at radius 3 is 2.68 bits per heavy atom. The van der Waals surface area contributed by atoms with E-state index in [1.807, 2.05) is 35.2 Å². The number of hydrogen-bond acceptors (Lipinski definition) is 4. The van der Waals surface area contributed by atoms with Gasteiger partial charge in [0.15, 0.2) is 0 Å². The molecule has 0 aromatic heterocycles. The SMILES string of the molecule is CON(C)C(=O)c1ccccc1SCC(=O)N1CCc2ccccc21. The standard InChI is InChI=1S/C19H20N2O3S/c1-20(24-2)19(23)15-8-4-6-10-17(15)25-13-18(22)21-12-11-14-7-3-5-9-16(14)21/h3-10H,11-13H2,1-2H3. The van der Waals surface area contributed by atoms with Crippen molar-refractivity contribution in [3.63, 3.8) is 0 Å². The van der Waals surface area contributed by atoms with Crippen molar-refractivity contribution < 1.29 is 14.4 Å². The molecule has 5 nitrogen and oxygen atoms in total. The van der Waals surface area contributed by atoms with Crippen LogP contribution in [0, 0.1) is 0 Å². The van der Waals surface area contributed by atoms with E-state index in [0.717, 1.165) is 17.0 Å². The first-order chi connectivity index (χ1) is 12.1. The maximum Gasteiger partial charge on any atom is 0.278 e. The third-order valence-electron chi connectivity index (χ3n) is 4.22. The third-order valence-corrected chi connectivity index (χ3v) is 5.27. The van der Waals surface area contributed by atoms with Crippen molar-refractivity contribution in [1.29, 1.82) is 0 Å². The lowest BCUT2D eigenvalue weighted by Gasteiger charge is -2.18. The number of carbonyl (C=O) groups is 2. The van der Waals surface area contributed by atoms with Gasteiger partial charge in [0.1, 0.15) is 0 Å². The van der Waals surface area contributed by atoms with Gasteiger partial charge >= 0.3 is 0 Å². The van der Waals surface area contributed by atoms with Gasteiger partial charge in [0, 0.05) is 24.2 Å². The van der Waals surface area contributed by atoms with Crippen LogP contribution >= 0.6 is 11.8 Å². The fraction of sp³-hybridized carbons (Fsp3) is 0.263. The molecule has 0 saturated carbocycles. The zero-order chi connectivity index (χ0) is 17.8. The van der Waals surface area contributed by atoms with Crippen molar-refractivity contribution in [2.24, 2.45) is 0 Å². The number of fused-ring (bicyclic) bond motifs is 1. The van der Waals surface area contributed by atoms with Crippen LogP contribution in [0.5, 0.6) is 0 Å². The number of para-hydroxylation sites is 1. The lowest BCUT2D eigenvalue weighted by Crippen LogP contribution is -2.30. The van der Waals surface area contributed by atoms with Crippen LogP contribution in [0.25, 0.3) is 0 Å². The lowest BCUT2D eigenvalue weighted by molar-refractivity contribution is -0.116. The molecule has 2 amide bonds. The molecule has 0 radical (unpaired) electrons. The van der Waals surface area contributed by atoms with Gasteiger partial charge in [-0.15, -0.1) is 11.8 Å². The van der Waals surface area contributed by atoms with Crippen LogP contribution in [-0.2, 0) is 16.1 Å². The van der Waals surface area contributed by atoms with Gasteiger partial charge in [-0.3, -0.25) is 14.4 Å². The van der Waals surface area contributed by atoms with Crippen LogP contribution in [-0.4, -0.2) is 43.3 Å². The molecule has 0 bridgehead atoms. The van der Waals surface area contributed by atoms with E-state index < -0.39 is 0 Å². The number of benzene rings is 2. The largest absolute Gasteiger partial charge is 0.311 e. The van der Waals surface area contributed by atoms with E-state index in [1.165, 1.54) is 29.5 Å². The first-order valence-corrected chi connectivity index (χ1v) is 9.02. The molecule has 0 spiro atoms. The second-order valence-electron chi connectivity index (χ2n) is 5.69. The summed E-state index contributed by atoms with van der Waals surface area (Å²) in [5, 5.41) is 1.18. The Kier molecular flexibility index (Phi) is 5.40. The molecule has 130 valence electrons. The molecule has 1 heterocycles. The Morgan fingerprint density at radius 1 is 1.16 bits per heavy atom. The molecular formula is C19H20N2O3S. The lowest BCUT2D eigenvalue weighted by atomic mass is 10.2. The molecular weight excluding hydrogens is 336 g/mol. The van der Waals surface area contributed by atoms with Crippen LogP contribution < -0.4 is 4.90 Å². The van der Waals surface area contributed by atoms with Crippen LogP contribution in [0.4, 0.5) is 5.69 Å². The Morgan fingerprint density at radius 2 is 1.88 bits per heavy atom. The minimum atomic E-state index is -0.232. The molecule has 0 saturated heterocycles. The third kappa shape index (κ3) is 3.70. The van der Waals surface area contributed by atoms with Crippen molar-refractivity contribution in [3.05, 3.63) is 59.7 Å². The smallest absolute Gasteiger partial charge is 0.278 e. The van der Waals surface area contributed by atoms with Crippen LogP contribution in [0.1, 0.15) is 15.9 Å². The van der Waals surface area contributed by atoms with Crippen molar-refractivity contribution >= 4 is 29.3 Å². The Balaban J connectivity index is 1.71. The Bertz CT molecular complexity index is 794. The van der Waals surface area contributed by atoms with Gasteiger partial charge in [0.2, 0.25) is 5.91 Å². The van der Waals surface area contributed by atoms with Crippen molar-refractivity contribution in [1.82, 2.24) is 5.06 Å². The van der Waals surface area contributed by atoms with E-state index in [0.29, 0.717) is 12.1 Å². The molecule has 0 atom stereocenters. The number of nitrogens with zero attached hydrogens (tertiary/aromatic N) is 2. The monoisotopic (exact) mass is 356 g/mol. The number of hydroxylamine groups is 2. The summed E-state index contributed by atoms with van der Waals surface area (Å²) < 4.78 is 0. The molecule has 1 aliphatic rings. The summed E-state index contributed by atoms with van der Waals surface area (Å²) in [6.07, 6.45) is 0.889. The minimum Gasteiger partial charge on any atom is -0.311 e. The van der Waals surface area contributed by atoms with Gasteiger partial charge in [0.25, 0.3) is 5.91 Å². The second-order valence-corrected chi connectivity index (χ2v) is 6.71. The van der Waals surface area contributed by atoms with E-state index in [1.54, 1.807) is 19.2 Å². The molecule has 0 N–H and O–H groups in total. The Hall–Kier alpha value is -2.31. The zero-order valence-electron chi connectivity index (χ0n) is 14.3. The number of thioether (sulfide) groups is 1. The van der Waals surface area contributed by atoms with Crippen molar-refractivity contribution in [3.8, 4) is 0 Å². The Labute approximate surface area is 151 Å². The summed E-state index contributed by atoms with van der Waals surface area (Å²) in [5.41, 5.74) is 2.74. The van der Waals surface area contributed by atoms with Gasteiger partial charge in [0.05, 0.1) is 18.4 Å². The van der Waals surface area contributed by atoms with E-state index in [-0.39, 0.29) is 17.6 Å². The average Bonchev–Trinajstić information content (AvgIpc) is 3.09. The fourth-order valence-corrected chi connectivity index (χ4v) is 3.76. The molecule has 25 heavy (non-hydrogen) atoms. The highest BCUT2D eigenvalue weighted by Crippen LogP contribution is 2.30. The van der Waals surface area contributed by atoms with E-state index in [9.17, 15) is 9.59 Å². The number of carbonyl (C=O) groups excluding carboxylic acids is 2. The topological polar surface area (TPSA) is 49.9 Å². The van der Waals surface area contributed by atoms with Crippen LogP contribution in [0.3, 0.4) is 0 Å². The zero-order valence-corrected chi connectivity index (χ0v) is 15.1. The summed E-state index contributed by atoms with van der Waals surface area (Å²) in [6.45, 7) is 0.714. The summed E-state index contributed by atoms with van der Waals surface area (Å²) in [4.78, 5) is 32.6. The highest BCUT2D eigenvalue weighted by atomic mass is 32.2. The van der Waals surface area contributed by atoms with E-state index >= 15 is 0 Å². The molecule has 2 aromatic rings. The molecule has 2 aromatic carbocycles. The molecule has 0 fully saturated rings. The average molecular weight is 356 g/mol.